The first-order valence-electron chi connectivity index (χ1n) is 9.35. The molecule has 0 spiro atoms. The van der Waals surface area contributed by atoms with Crippen molar-refractivity contribution in [1.82, 2.24) is 14.5 Å². The van der Waals surface area contributed by atoms with Crippen molar-refractivity contribution in [3.63, 3.8) is 0 Å². The zero-order valence-electron chi connectivity index (χ0n) is 17.4. The number of nitrogens with one attached hydrogen (secondary N) is 1. The van der Waals surface area contributed by atoms with E-state index in [-0.39, 0.29) is 17.3 Å². The van der Waals surface area contributed by atoms with Crippen molar-refractivity contribution in [2.45, 2.75) is 31.3 Å². The van der Waals surface area contributed by atoms with Crippen molar-refractivity contribution in [3.8, 4) is 0 Å². The molecule has 162 valence electrons. The van der Waals surface area contributed by atoms with Gasteiger partial charge in [0.15, 0.2) is 0 Å². The van der Waals surface area contributed by atoms with Gasteiger partial charge in [-0.05, 0) is 49.2 Å². The molecule has 1 unspecified atom stereocenters. The van der Waals surface area contributed by atoms with E-state index in [1.165, 1.54) is 43.3 Å². The molecule has 9 heteroatoms. The lowest BCUT2D eigenvalue weighted by molar-refractivity contribution is -0.140. The van der Waals surface area contributed by atoms with Crippen LogP contribution in [0.1, 0.15) is 18.1 Å². The Bertz CT molecular complexity index is 1010. The summed E-state index contributed by atoms with van der Waals surface area (Å²) < 4.78 is 26.6. The highest BCUT2D eigenvalue weighted by atomic mass is 35.5. The van der Waals surface area contributed by atoms with E-state index in [0.717, 1.165) is 15.4 Å². The molecule has 0 fully saturated rings. The number of benzene rings is 2. The molecule has 7 nitrogen and oxygen atoms in total. The summed E-state index contributed by atoms with van der Waals surface area (Å²) in [4.78, 5) is 26.7. The van der Waals surface area contributed by atoms with Crippen LogP contribution in [0.4, 0.5) is 0 Å². The van der Waals surface area contributed by atoms with E-state index in [1.54, 1.807) is 6.92 Å². The van der Waals surface area contributed by atoms with E-state index in [4.69, 9.17) is 11.6 Å². The first-order valence-corrected chi connectivity index (χ1v) is 11.2. The third kappa shape index (κ3) is 5.59. The van der Waals surface area contributed by atoms with Crippen LogP contribution in [0.25, 0.3) is 0 Å². The third-order valence-corrected chi connectivity index (χ3v) is 6.96. The zero-order valence-corrected chi connectivity index (χ0v) is 19.0. The van der Waals surface area contributed by atoms with Crippen molar-refractivity contribution in [1.29, 1.82) is 0 Å². The first kappa shape index (κ1) is 23.9. The number of hydrogen-bond acceptors (Lipinski definition) is 4. The smallest absolute Gasteiger partial charge is 0.243 e. The molecule has 1 atom stereocenters. The fourth-order valence-corrected chi connectivity index (χ4v) is 4.16. The lowest BCUT2D eigenvalue weighted by Crippen LogP contribution is -2.50. The van der Waals surface area contributed by atoms with Crippen LogP contribution in [-0.4, -0.2) is 56.1 Å². The molecule has 2 aromatic carbocycles. The van der Waals surface area contributed by atoms with E-state index in [2.05, 4.69) is 5.32 Å². The van der Waals surface area contributed by atoms with Gasteiger partial charge in [0.05, 0.1) is 11.4 Å². The topological polar surface area (TPSA) is 86.8 Å². The van der Waals surface area contributed by atoms with Crippen LogP contribution in [0, 0.1) is 6.92 Å². The summed E-state index contributed by atoms with van der Waals surface area (Å²) in [6, 6.07) is 12.5. The van der Waals surface area contributed by atoms with Gasteiger partial charge in [0.2, 0.25) is 21.8 Å². The van der Waals surface area contributed by atoms with Gasteiger partial charge in [0.1, 0.15) is 6.04 Å². The molecule has 0 saturated carbocycles. The lowest BCUT2D eigenvalue weighted by Gasteiger charge is -2.30. The molecule has 0 radical (unpaired) electrons. The fraction of sp³-hybridized carbons (Fsp3) is 0.333. The highest BCUT2D eigenvalue weighted by Gasteiger charge is 2.30. The predicted octanol–water partition coefficient (Wildman–Crippen LogP) is 2.43. The Hall–Kier alpha value is -2.42. The van der Waals surface area contributed by atoms with Gasteiger partial charge in [0, 0.05) is 25.7 Å². The largest absolute Gasteiger partial charge is 0.357 e. The summed E-state index contributed by atoms with van der Waals surface area (Å²) in [7, 11) is -1.07. The molecule has 30 heavy (non-hydrogen) atoms. The Morgan fingerprint density at radius 1 is 1.10 bits per heavy atom. The molecule has 0 aliphatic rings. The van der Waals surface area contributed by atoms with Gasteiger partial charge in [-0.1, -0.05) is 35.9 Å². The van der Waals surface area contributed by atoms with Crippen LogP contribution in [0.15, 0.2) is 53.4 Å². The maximum Gasteiger partial charge on any atom is 0.243 e. The Balaban J connectivity index is 2.27. The molecule has 0 aromatic heterocycles. The average molecular weight is 452 g/mol. The average Bonchev–Trinajstić information content (AvgIpc) is 2.72. The summed E-state index contributed by atoms with van der Waals surface area (Å²) in [5.41, 5.74) is 1.85. The number of carbonyl (C=O) groups excluding carboxylic acids is 2. The van der Waals surface area contributed by atoms with Crippen LogP contribution in [0.3, 0.4) is 0 Å². The van der Waals surface area contributed by atoms with Gasteiger partial charge in [-0.25, -0.2) is 8.42 Å². The number of halogens is 1. The Morgan fingerprint density at radius 2 is 1.70 bits per heavy atom. The number of rotatable bonds is 8. The highest BCUT2D eigenvalue weighted by molar-refractivity contribution is 7.89. The van der Waals surface area contributed by atoms with Crippen LogP contribution < -0.4 is 5.32 Å². The van der Waals surface area contributed by atoms with Gasteiger partial charge >= 0.3 is 0 Å². The highest BCUT2D eigenvalue weighted by Crippen LogP contribution is 2.19. The number of nitrogens with zero attached hydrogens (tertiary/aromatic N) is 2. The Morgan fingerprint density at radius 3 is 2.27 bits per heavy atom. The summed E-state index contributed by atoms with van der Waals surface area (Å²) >= 11 is 5.83. The molecular formula is C21H26ClN3O4S. The Kier molecular flexibility index (Phi) is 8.00. The van der Waals surface area contributed by atoms with Crippen LogP contribution in [0.2, 0.25) is 5.02 Å². The van der Waals surface area contributed by atoms with Crippen LogP contribution >= 0.6 is 11.6 Å². The second-order valence-corrected chi connectivity index (χ2v) is 9.43. The third-order valence-electron chi connectivity index (χ3n) is 4.90. The van der Waals surface area contributed by atoms with Crippen molar-refractivity contribution < 1.29 is 18.0 Å². The van der Waals surface area contributed by atoms with E-state index >= 15 is 0 Å². The monoisotopic (exact) mass is 451 g/mol. The zero-order chi connectivity index (χ0) is 22.5. The minimum absolute atomic E-state index is 0.0343. The molecule has 0 saturated heterocycles. The number of amides is 2. The maximum atomic E-state index is 13.1. The fourth-order valence-electron chi connectivity index (χ4n) is 2.92. The number of likely N-dealkylation sites (N-methyl/N-ethyl adjacent to an activating group) is 2. The van der Waals surface area contributed by atoms with Gasteiger partial charge < -0.3 is 10.2 Å². The Labute approximate surface area is 182 Å². The van der Waals surface area contributed by atoms with Crippen molar-refractivity contribution in [2.75, 3.05) is 20.6 Å². The number of hydrogen-bond donors (Lipinski definition) is 1. The lowest BCUT2D eigenvalue weighted by atomic mass is 10.1. The maximum absolute atomic E-state index is 13.1. The second kappa shape index (κ2) is 10.1. The minimum Gasteiger partial charge on any atom is -0.357 e. The second-order valence-electron chi connectivity index (χ2n) is 6.95. The molecular weight excluding hydrogens is 426 g/mol. The molecule has 0 aliphatic carbocycles. The molecule has 1 N–H and O–H groups in total. The van der Waals surface area contributed by atoms with Gasteiger partial charge in [-0.3, -0.25) is 9.59 Å². The summed E-state index contributed by atoms with van der Waals surface area (Å²) in [5.74, 6) is -0.811. The molecule has 0 aliphatic heterocycles. The summed E-state index contributed by atoms with van der Waals surface area (Å²) in [5, 5.41) is 2.95. The number of carbonyl (C=O) groups is 2. The van der Waals surface area contributed by atoms with Gasteiger partial charge in [-0.15, -0.1) is 0 Å². The van der Waals surface area contributed by atoms with Gasteiger partial charge in [0.25, 0.3) is 0 Å². The molecule has 0 heterocycles. The first-order chi connectivity index (χ1) is 14.1. The van der Waals surface area contributed by atoms with Crippen molar-refractivity contribution in [2.24, 2.45) is 0 Å². The number of sulfonamides is 1. The quantitative estimate of drug-likeness (QED) is 0.667. The standard InChI is InChI=1S/C21H26ClN3O4S/c1-15-7-5-6-8-17(15)13-25(16(2)21(27)23-3)20(26)14-24(4)30(28,29)19-11-9-18(22)10-12-19/h5-12,16H,13-14H2,1-4H3,(H,23,27). The summed E-state index contributed by atoms with van der Waals surface area (Å²) in [6.07, 6.45) is 0. The number of aryl methyl sites for hydroxylation is 1. The normalized spacial score (nSPS) is 12.5. The van der Waals surface area contributed by atoms with Gasteiger partial charge in [-0.2, -0.15) is 4.31 Å². The SMILES string of the molecule is CNC(=O)C(C)N(Cc1ccccc1C)C(=O)CN(C)S(=O)(=O)c1ccc(Cl)cc1. The molecule has 2 aromatic rings. The van der Waals surface area contributed by atoms with E-state index in [9.17, 15) is 18.0 Å². The minimum atomic E-state index is -3.89. The van der Waals surface area contributed by atoms with E-state index in [1.807, 2.05) is 31.2 Å². The molecule has 2 amide bonds. The van der Waals surface area contributed by atoms with Crippen LogP contribution in [0.5, 0.6) is 0 Å². The van der Waals surface area contributed by atoms with Crippen LogP contribution in [-0.2, 0) is 26.2 Å². The summed E-state index contributed by atoms with van der Waals surface area (Å²) in [6.45, 7) is 3.31. The van der Waals surface area contributed by atoms with Crippen molar-refractivity contribution >= 4 is 33.4 Å². The molecule has 0 bridgehead atoms. The van der Waals surface area contributed by atoms with Crippen molar-refractivity contribution in [3.05, 3.63) is 64.7 Å². The van der Waals surface area contributed by atoms with E-state index in [0.29, 0.717) is 5.02 Å². The predicted molar refractivity (Wildman–Crippen MR) is 117 cm³/mol. The molecule has 2 rings (SSSR count). The van der Waals surface area contributed by atoms with E-state index < -0.39 is 28.5 Å².